The standard InChI is InChI=1S/C20H23NO2/c1-3-4-14-21-19(16-8-6-5-7-9-16)18(20(21)22)15-10-12-17(23-2)13-11-15/h5-13,18-19H,3-4,14H2,1-2H3/t18-,19-/m1/s1. The van der Waals surface area contributed by atoms with E-state index in [9.17, 15) is 4.79 Å². The maximum atomic E-state index is 12.7. The summed E-state index contributed by atoms with van der Waals surface area (Å²) in [6.07, 6.45) is 2.14. The molecule has 1 fully saturated rings. The molecular weight excluding hydrogens is 286 g/mol. The number of methoxy groups -OCH3 is 1. The molecule has 1 saturated heterocycles. The van der Waals surface area contributed by atoms with Crippen LogP contribution in [0.25, 0.3) is 0 Å². The third-order valence-corrected chi connectivity index (χ3v) is 4.57. The number of carbonyl (C=O) groups is 1. The van der Waals surface area contributed by atoms with Gasteiger partial charge in [0.05, 0.1) is 19.1 Å². The SMILES string of the molecule is CCCCN1C(=O)[C@H](c2ccc(OC)cc2)[C@H]1c1ccccc1. The van der Waals surface area contributed by atoms with Crippen molar-refractivity contribution >= 4 is 5.91 Å². The van der Waals surface area contributed by atoms with Crippen LogP contribution in [0.2, 0.25) is 0 Å². The van der Waals surface area contributed by atoms with Gasteiger partial charge in [0.2, 0.25) is 5.91 Å². The minimum Gasteiger partial charge on any atom is -0.497 e. The van der Waals surface area contributed by atoms with Crippen molar-refractivity contribution in [2.24, 2.45) is 0 Å². The van der Waals surface area contributed by atoms with E-state index in [4.69, 9.17) is 4.74 Å². The Hall–Kier alpha value is -2.29. The zero-order valence-electron chi connectivity index (χ0n) is 13.7. The first-order valence-corrected chi connectivity index (χ1v) is 8.25. The Morgan fingerprint density at radius 2 is 1.70 bits per heavy atom. The first-order chi connectivity index (χ1) is 11.3. The van der Waals surface area contributed by atoms with Gasteiger partial charge in [0, 0.05) is 6.54 Å². The molecule has 2 aromatic carbocycles. The lowest BCUT2D eigenvalue weighted by Gasteiger charge is -2.48. The number of β-lactam (4-membered cyclic amide) rings is 1. The number of likely N-dealkylation sites (tertiary alicyclic amines) is 1. The lowest BCUT2D eigenvalue weighted by Crippen LogP contribution is -2.53. The van der Waals surface area contributed by atoms with Gasteiger partial charge in [-0.25, -0.2) is 0 Å². The van der Waals surface area contributed by atoms with E-state index >= 15 is 0 Å². The van der Waals surface area contributed by atoms with Crippen molar-refractivity contribution in [3.05, 3.63) is 65.7 Å². The lowest BCUT2D eigenvalue weighted by molar-refractivity contribution is -0.150. The molecule has 0 bridgehead atoms. The zero-order chi connectivity index (χ0) is 16.2. The molecule has 3 rings (SSSR count). The number of hydrogen-bond donors (Lipinski definition) is 0. The summed E-state index contributed by atoms with van der Waals surface area (Å²) in [5.74, 6) is 0.970. The average Bonchev–Trinajstić information content (AvgIpc) is 2.61. The summed E-state index contributed by atoms with van der Waals surface area (Å²) in [4.78, 5) is 14.7. The molecule has 0 saturated carbocycles. The van der Waals surface area contributed by atoms with E-state index in [0.29, 0.717) is 0 Å². The zero-order valence-corrected chi connectivity index (χ0v) is 13.7. The molecule has 1 heterocycles. The number of hydrogen-bond acceptors (Lipinski definition) is 2. The van der Waals surface area contributed by atoms with Crippen LogP contribution in [0.15, 0.2) is 54.6 Å². The largest absolute Gasteiger partial charge is 0.497 e. The van der Waals surface area contributed by atoms with E-state index in [-0.39, 0.29) is 17.9 Å². The van der Waals surface area contributed by atoms with Crippen LogP contribution in [0.1, 0.15) is 42.9 Å². The fourth-order valence-corrected chi connectivity index (χ4v) is 3.29. The van der Waals surface area contributed by atoms with E-state index in [2.05, 4.69) is 19.1 Å². The Kier molecular flexibility index (Phi) is 4.65. The average molecular weight is 309 g/mol. The molecule has 1 aliphatic rings. The quantitative estimate of drug-likeness (QED) is 0.750. The Balaban J connectivity index is 1.89. The van der Waals surface area contributed by atoms with Gasteiger partial charge in [0.15, 0.2) is 0 Å². The lowest BCUT2D eigenvalue weighted by atomic mass is 9.77. The molecule has 2 atom stereocenters. The molecule has 0 spiro atoms. The Morgan fingerprint density at radius 1 is 1.00 bits per heavy atom. The highest BCUT2D eigenvalue weighted by Crippen LogP contribution is 2.46. The van der Waals surface area contributed by atoms with Gasteiger partial charge in [0.25, 0.3) is 0 Å². The number of unbranched alkanes of at least 4 members (excludes halogenated alkanes) is 1. The fourth-order valence-electron chi connectivity index (χ4n) is 3.29. The van der Waals surface area contributed by atoms with Gasteiger partial charge in [-0.3, -0.25) is 4.79 Å². The minimum absolute atomic E-state index is 0.0832. The second-order valence-corrected chi connectivity index (χ2v) is 5.99. The molecular formula is C20H23NO2. The van der Waals surface area contributed by atoms with Crippen molar-refractivity contribution in [3.8, 4) is 5.75 Å². The van der Waals surface area contributed by atoms with Crippen molar-refractivity contribution in [1.82, 2.24) is 4.90 Å². The van der Waals surface area contributed by atoms with Gasteiger partial charge in [-0.1, -0.05) is 55.8 Å². The van der Waals surface area contributed by atoms with Gasteiger partial charge in [0.1, 0.15) is 5.75 Å². The first kappa shape index (κ1) is 15.6. The molecule has 0 aromatic heterocycles. The molecule has 0 radical (unpaired) electrons. The van der Waals surface area contributed by atoms with Crippen LogP contribution >= 0.6 is 0 Å². The van der Waals surface area contributed by atoms with Crippen LogP contribution in [-0.2, 0) is 4.79 Å². The van der Waals surface area contributed by atoms with E-state index < -0.39 is 0 Å². The highest BCUT2D eigenvalue weighted by atomic mass is 16.5. The van der Waals surface area contributed by atoms with Crippen LogP contribution in [0.5, 0.6) is 5.75 Å². The summed E-state index contributed by atoms with van der Waals surface area (Å²) in [7, 11) is 1.66. The van der Waals surface area contributed by atoms with Crippen LogP contribution in [0.3, 0.4) is 0 Å². The number of ether oxygens (including phenoxy) is 1. The number of amides is 1. The first-order valence-electron chi connectivity index (χ1n) is 8.25. The molecule has 1 aliphatic heterocycles. The molecule has 23 heavy (non-hydrogen) atoms. The van der Waals surface area contributed by atoms with Crippen LogP contribution < -0.4 is 4.74 Å². The molecule has 0 aliphatic carbocycles. The minimum atomic E-state index is -0.0832. The summed E-state index contributed by atoms with van der Waals surface area (Å²) in [6.45, 7) is 2.99. The smallest absolute Gasteiger partial charge is 0.233 e. The maximum Gasteiger partial charge on any atom is 0.233 e. The molecule has 120 valence electrons. The van der Waals surface area contributed by atoms with Crippen LogP contribution in [-0.4, -0.2) is 24.5 Å². The summed E-state index contributed by atoms with van der Waals surface area (Å²) < 4.78 is 5.22. The Bertz CT molecular complexity index is 651. The van der Waals surface area contributed by atoms with Gasteiger partial charge in [-0.2, -0.15) is 0 Å². The normalized spacial score (nSPS) is 20.3. The number of carbonyl (C=O) groups excluding carboxylic acids is 1. The summed E-state index contributed by atoms with van der Waals surface area (Å²) >= 11 is 0. The molecule has 3 nitrogen and oxygen atoms in total. The van der Waals surface area contributed by atoms with Gasteiger partial charge in [-0.15, -0.1) is 0 Å². The number of rotatable bonds is 6. The van der Waals surface area contributed by atoms with E-state index in [1.165, 1.54) is 5.56 Å². The summed E-state index contributed by atoms with van der Waals surface area (Å²) in [6, 6.07) is 18.4. The third kappa shape index (κ3) is 2.96. The third-order valence-electron chi connectivity index (χ3n) is 4.57. The molecule has 0 unspecified atom stereocenters. The van der Waals surface area contributed by atoms with Gasteiger partial charge in [-0.05, 0) is 29.7 Å². The van der Waals surface area contributed by atoms with Crippen molar-refractivity contribution in [2.45, 2.75) is 31.7 Å². The number of benzene rings is 2. The van der Waals surface area contributed by atoms with E-state index in [1.54, 1.807) is 7.11 Å². The monoisotopic (exact) mass is 309 g/mol. The topological polar surface area (TPSA) is 29.5 Å². The predicted molar refractivity (Wildman–Crippen MR) is 91.5 cm³/mol. The van der Waals surface area contributed by atoms with Crippen molar-refractivity contribution in [3.63, 3.8) is 0 Å². The predicted octanol–water partition coefficient (Wildman–Crippen LogP) is 4.16. The van der Waals surface area contributed by atoms with E-state index in [1.807, 2.05) is 47.4 Å². The summed E-state index contributed by atoms with van der Waals surface area (Å²) in [5.41, 5.74) is 2.28. The van der Waals surface area contributed by atoms with E-state index in [0.717, 1.165) is 30.7 Å². The second-order valence-electron chi connectivity index (χ2n) is 5.99. The summed E-state index contributed by atoms with van der Waals surface area (Å²) in [5, 5.41) is 0. The molecule has 0 N–H and O–H groups in total. The van der Waals surface area contributed by atoms with Gasteiger partial charge >= 0.3 is 0 Å². The van der Waals surface area contributed by atoms with Crippen LogP contribution in [0, 0.1) is 0 Å². The van der Waals surface area contributed by atoms with Crippen LogP contribution in [0.4, 0.5) is 0 Å². The Morgan fingerprint density at radius 3 is 2.30 bits per heavy atom. The molecule has 3 heteroatoms. The number of nitrogens with zero attached hydrogens (tertiary/aromatic N) is 1. The Labute approximate surface area is 137 Å². The van der Waals surface area contributed by atoms with Crippen molar-refractivity contribution in [2.75, 3.05) is 13.7 Å². The maximum absolute atomic E-state index is 12.7. The highest BCUT2D eigenvalue weighted by Gasteiger charge is 2.48. The van der Waals surface area contributed by atoms with Crippen molar-refractivity contribution in [1.29, 1.82) is 0 Å². The highest BCUT2D eigenvalue weighted by molar-refractivity contribution is 5.91. The fraction of sp³-hybridized carbons (Fsp3) is 0.350. The molecule has 2 aromatic rings. The van der Waals surface area contributed by atoms with Gasteiger partial charge < -0.3 is 9.64 Å². The second kappa shape index (κ2) is 6.86. The molecule has 1 amide bonds. The van der Waals surface area contributed by atoms with Crippen molar-refractivity contribution < 1.29 is 9.53 Å².